The van der Waals surface area contributed by atoms with Crippen molar-refractivity contribution in [1.82, 2.24) is 0 Å². The zero-order valence-corrected chi connectivity index (χ0v) is 18.7. The van der Waals surface area contributed by atoms with Gasteiger partial charge in [-0.05, 0) is 42.0 Å². The fourth-order valence-corrected chi connectivity index (χ4v) is 4.04. The molecule has 1 fully saturated rings. The molecule has 1 saturated heterocycles. The molecule has 2 aliphatic rings. The smallest absolute Gasteiger partial charge is 0.231 e. The zero-order valence-electron chi connectivity index (χ0n) is 18.7. The van der Waals surface area contributed by atoms with Crippen molar-refractivity contribution in [2.24, 2.45) is 0 Å². The van der Waals surface area contributed by atoms with Crippen molar-refractivity contribution in [3.8, 4) is 0 Å². The van der Waals surface area contributed by atoms with Gasteiger partial charge in [0.15, 0.2) is 5.76 Å². The number of hydrogen-bond acceptors (Lipinski definition) is 7. The molecule has 0 N–H and O–H groups in total. The lowest BCUT2D eigenvalue weighted by Crippen LogP contribution is -2.36. The van der Waals surface area contributed by atoms with Gasteiger partial charge in [-0.25, -0.2) is 0 Å². The number of ketones is 1. The number of rotatable bonds is 8. The van der Waals surface area contributed by atoms with Crippen LogP contribution in [0.4, 0.5) is 5.69 Å². The molecule has 1 aliphatic carbocycles. The standard InChI is InChI=1S/C25H29NO6/c1-28-20-14-18(15-21(16-20)29-2)22-8-9-23(32-22)24(27)25(30-3)17-4-6-19(7-5-17)26-10-12-31-13-11-26/h4-9,14,16,21,25H,10-13,15H2,1-3H3. The minimum Gasteiger partial charge on any atom is -0.497 e. The van der Waals surface area contributed by atoms with E-state index >= 15 is 0 Å². The largest absolute Gasteiger partial charge is 0.497 e. The number of ether oxygens (including phenoxy) is 4. The summed E-state index contributed by atoms with van der Waals surface area (Å²) in [5.41, 5.74) is 2.81. The van der Waals surface area contributed by atoms with E-state index in [0.717, 1.165) is 43.1 Å². The molecule has 1 aliphatic heterocycles. The molecular formula is C25H29NO6. The van der Waals surface area contributed by atoms with Crippen LogP contribution < -0.4 is 4.90 Å². The SMILES string of the molecule is COC1=CC(OC)CC(c2ccc(C(=O)C(OC)c3ccc(N4CCOCC4)cc3)o2)=C1. The van der Waals surface area contributed by atoms with E-state index in [-0.39, 0.29) is 17.6 Å². The molecule has 0 bridgehead atoms. The van der Waals surface area contributed by atoms with Gasteiger partial charge in [0.05, 0.1) is 26.4 Å². The summed E-state index contributed by atoms with van der Waals surface area (Å²) < 4.78 is 27.7. The number of carbonyl (C=O) groups is 1. The van der Waals surface area contributed by atoms with Crippen molar-refractivity contribution in [2.45, 2.75) is 18.6 Å². The van der Waals surface area contributed by atoms with Gasteiger partial charge < -0.3 is 28.3 Å². The summed E-state index contributed by atoms with van der Waals surface area (Å²) in [4.78, 5) is 15.4. The van der Waals surface area contributed by atoms with Crippen LogP contribution in [0.1, 0.15) is 34.4 Å². The van der Waals surface area contributed by atoms with Gasteiger partial charge in [0.1, 0.15) is 17.6 Å². The van der Waals surface area contributed by atoms with Crippen LogP contribution in [0.3, 0.4) is 0 Å². The molecule has 1 aromatic carbocycles. The molecule has 4 rings (SSSR count). The number of methoxy groups -OCH3 is 3. The quantitative estimate of drug-likeness (QED) is 0.576. The third kappa shape index (κ3) is 4.80. The van der Waals surface area contributed by atoms with E-state index in [1.54, 1.807) is 26.4 Å². The Balaban J connectivity index is 1.50. The number of furan rings is 1. The average molecular weight is 440 g/mol. The number of morpholine rings is 1. The molecule has 2 heterocycles. The number of hydrogen-bond donors (Lipinski definition) is 0. The molecule has 0 saturated carbocycles. The highest BCUT2D eigenvalue weighted by Gasteiger charge is 2.26. The Hall–Kier alpha value is -2.87. The first-order chi connectivity index (χ1) is 15.6. The molecule has 2 atom stereocenters. The van der Waals surface area contributed by atoms with Crippen molar-refractivity contribution in [1.29, 1.82) is 0 Å². The van der Waals surface area contributed by atoms with E-state index in [1.165, 1.54) is 7.11 Å². The molecule has 2 unspecified atom stereocenters. The second kappa shape index (κ2) is 10.2. The molecule has 7 nitrogen and oxygen atoms in total. The highest BCUT2D eigenvalue weighted by atomic mass is 16.5. The summed E-state index contributed by atoms with van der Waals surface area (Å²) >= 11 is 0. The first-order valence-electron chi connectivity index (χ1n) is 10.7. The van der Waals surface area contributed by atoms with Crippen LogP contribution in [0.2, 0.25) is 0 Å². The number of Topliss-reactive ketones (excluding diaryl/α,β-unsaturated/α-hetero) is 1. The number of nitrogens with zero attached hydrogens (tertiary/aromatic N) is 1. The van der Waals surface area contributed by atoms with Crippen LogP contribution in [0.15, 0.2) is 58.7 Å². The second-order valence-corrected chi connectivity index (χ2v) is 7.76. The molecule has 32 heavy (non-hydrogen) atoms. The lowest BCUT2D eigenvalue weighted by atomic mass is 9.99. The van der Waals surface area contributed by atoms with Crippen LogP contribution in [0.25, 0.3) is 5.57 Å². The van der Waals surface area contributed by atoms with E-state index in [2.05, 4.69) is 4.90 Å². The molecule has 7 heteroatoms. The molecule has 0 spiro atoms. The first kappa shape index (κ1) is 22.3. The van der Waals surface area contributed by atoms with E-state index in [4.69, 9.17) is 23.4 Å². The van der Waals surface area contributed by atoms with Crippen molar-refractivity contribution in [3.05, 3.63) is 71.4 Å². The predicted molar refractivity (Wildman–Crippen MR) is 121 cm³/mol. The second-order valence-electron chi connectivity index (χ2n) is 7.76. The maximum Gasteiger partial charge on any atom is 0.231 e. The van der Waals surface area contributed by atoms with Gasteiger partial charge >= 0.3 is 0 Å². The molecule has 170 valence electrons. The van der Waals surface area contributed by atoms with Crippen molar-refractivity contribution in [3.63, 3.8) is 0 Å². The third-order valence-electron chi connectivity index (χ3n) is 5.84. The lowest BCUT2D eigenvalue weighted by Gasteiger charge is -2.29. The Morgan fingerprint density at radius 1 is 1.06 bits per heavy atom. The van der Waals surface area contributed by atoms with Gasteiger partial charge in [0, 0.05) is 45.0 Å². The van der Waals surface area contributed by atoms with E-state index in [1.807, 2.05) is 36.4 Å². The Morgan fingerprint density at radius 2 is 1.81 bits per heavy atom. The highest BCUT2D eigenvalue weighted by molar-refractivity contribution is 5.98. The summed E-state index contributed by atoms with van der Waals surface area (Å²) in [5, 5.41) is 0. The summed E-state index contributed by atoms with van der Waals surface area (Å²) in [6, 6.07) is 11.4. The number of allylic oxidation sites excluding steroid dienone is 1. The van der Waals surface area contributed by atoms with Crippen molar-refractivity contribution in [2.75, 3.05) is 52.5 Å². The van der Waals surface area contributed by atoms with Crippen LogP contribution in [-0.2, 0) is 18.9 Å². The average Bonchev–Trinajstić information content (AvgIpc) is 3.35. The number of anilines is 1. The first-order valence-corrected chi connectivity index (χ1v) is 10.7. The summed E-state index contributed by atoms with van der Waals surface area (Å²) in [5.74, 6) is 1.36. The molecule has 0 radical (unpaired) electrons. The Bertz CT molecular complexity index is 984. The van der Waals surface area contributed by atoms with Crippen molar-refractivity contribution < 1.29 is 28.2 Å². The molecule has 1 aromatic heterocycles. The Kier molecular flexibility index (Phi) is 7.09. The zero-order chi connectivity index (χ0) is 22.5. The highest BCUT2D eigenvalue weighted by Crippen LogP contribution is 2.31. The Labute approximate surface area is 188 Å². The van der Waals surface area contributed by atoms with Gasteiger partial charge in [0.2, 0.25) is 5.78 Å². The van der Waals surface area contributed by atoms with Crippen LogP contribution in [-0.4, -0.2) is 59.5 Å². The number of benzene rings is 1. The van der Waals surface area contributed by atoms with E-state index < -0.39 is 6.10 Å². The van der Waals surface area contributed by atoms with Crippen LogP contribution in [0, 0.1) is 0 Å². The molecule has 0 amide bonds. The summed E-state index contributed by atoms with van der Waals surface area (Å²) in [6.45, 7) is 3.18. The maximum absolute atomic E-state index is 13.2. The third-order valence-corrected chi connectivity index (χ3v) is 5.84. The normalized spacial score (nSPS) is 19.8. The van der Waals surface area contributed by atoms with Gasteiger partial charge in [-0.3, -0.25) is 4.79 Å². The minimum atomic E-state index is -0.741. The Morgan fingerprint density at radius 3 is 2.47 bits per heavy atom. The lowest BCUT2D eigenvalue weighted by molar-refractivity contribution is 0.0576. The molecular weight excluding hydrogens is 410 g/mol. The van der Waals surface area contributed by atoms with Gasteiger partial charge in [-0.15, -0.1) is 0 Å². The van der Waals surface area contributed by atoms with E-state index in [9.17, 15) is 4.79 Å². The van der Waals surface area contributed by atoms with E-state index in [0.29, 0.717) is 17.9 Å². The fraction of sp³-hybridized carbons (Fsp3) is 0.400. The van der Waals surface area contributed by atoms with Crippen molar-refractivity contribution >= 4 is 17.0 Å². The van der Waals surface area contributed by atoms with Gasteiger partial charge in [-0.1, -0.05) is 12.1 Å². The topological polar surface area (TPSA) is 70.4 Å². The predicted octanol–water partition coefficient (Wildman–Crippen LogP) is 4.02. The number of carbonyl (C=O) groups excluding carboxylic acids is 1. The maximum atomic E-state index is 13.2. The van der Waals surface area contributed by atoms with Gasteiger partial charge in [0.25, 0.3) is 0 Å². The monoisotopic (exact) mass is 439 g/mol. The fourth-order valence-electron chi connectivity index (χ4n) is 4.04. The summed E-state index contributed by atoms with van der Waals surface area (Å²) in [6.07, 6.45) is 3.61. The van der Waals surface area contributed by atoms with Crippen LogP contribution >= 0.6 is 0 Å². The molecule has 2 aromatic rings. The summed E-state index contributed by atoms with van der Waals surface area (Å²) in [7, 11) is 4.80. The minimum absolute atomic E-state index is 0.106. The van der Waals surface area contributed by atoms with Gasteiger partial charge in [-0.2, -0.15) is 0 Å². The van der Waals surface area contributed by atoms with Crippen LogP contribution in [0.5, 0.6) is 0 Å².